The van der Waals surface area contributed by atoms with Crippen molar-refractivity contribution >= 4 is 0 Å². The van der Waals surface area contributed by atoms with Crippen molar-refractivity contribution in [3.8, 4) is 11.5 Å². The summed E-state index contributed by atoms with van der Waals surface area (Å²) < 4.78 is 10.8. The summed E-state index contributed by atoms with van der Waals surface area (Å²) in [4.78, 5) is 2.39. The largest absolute Gasteiger partial charge is 0.497 e. The van der Waals surface area contributed by atoms with Crippen LogP contribution in [-0.2, 0) is 0 Å². The van der Waals surface area contributed by atoms with Gasteiger partial charge in [-0.1, -0.05) is 12.5 Å². The number of ether oxygens (including phenoxy) is 2. The average Bonchev–Trinajstić information content (AvgIpc) is 2.49. The van der Waals surface area contributed by atoms with Crippen LogP contribution in [0.1, 0.15) is 33.1 Å². The summed E-state index contributed by atoms with van der Waals surface area (Å²) >= 11 is 0. The lowest BCUT2D eigenvalue weighted by atomic mass is 9.97. The van der Waals surface area contributed by atoms with Crippen LogP contribution < -0.4 is 9.47 Å². The van der Waals surface area contributed by atoms with Gasteiger partial charge in [-0.25, -0.2) is 0 Å². The summed E-state index contributed by atoms with van der Waals surface area (Å²) in [6.45, 7) is 5.46. The lowest BCUT2D eigenvalue weighted by molar-refractivity contribution is 0.0208. The smallest absolute Gasteiger partial charge is 0.123 e. The molecule has 0 spiro atoms. The first kappa shape index (κ1) is 16.1. The molecule has 1 aliphatic rings. The maximum absolute atomic E-state index is 10.2. The monoisotopic (exact) mass is 293 g/mol. The fourth-order valence-electron chi connectivity index (χ4n) is 3.01. The number of β-amino-alcohol motifs (C(OH)–C–C–N with tert-alkyl or cyclic N) is 1. The molecular weight excluding hydrogens is 266 g/mol. The molecule has 1 fully saturated rings. The Bertz CT molecular complexity index is 428. The zero-order valence-electron chi connectivity index (χ0n) is 13.3. The van der Waals surface area contributed by atoms with Gasteiger partial charge < -0.3 is 14.6 Å². The van der Waals surface area contributed by atoms with E-state index in [0.29, 0.717) is 25.2 Å². The molecule has 0 radical (unpaired) electrons. The zero-order chi connectivity index (χ0) is 15.2. The third kappa shape index (κ3) is 4.61. The van der Waals surface area contributed by atoms with E-state index in [-0.39, 0.29) is 0 Å². The van der Waals surface area contributed by atoms with Gasteiger partial charge in [0.05, 0.1) is 7.11 Å². The Morgan fingerprint density at radius 1 is 1.24 bits per heavy atom. The van der Waals surface area contributed by atoms with Gasteiger partial charge in [-0.2, -0.15) is 0 Å². The van der Waals surface area contributed by atoms with Gasteiger partial charge in [0.25, 0.3) is 0 Å². The summed E-state index contributed by atoms with van der Waals surface area (Å²) in [6, 6.07) is 8.55. The van der Waals surface area contributed by atoms with Crippen LogP contribution in [0, 0.1) is 0 Å². The number of methoxy groups -OCH3 is 1. The molecule has 1 N–H and O–H groups in total. The lowest BCUT2D eigenvalue weighted by Gasteiger charge is -2.40. The van der Waals surface area contributed by atoms with E-state index in [4.69, 9.17) is 9.47 Å². The standard InChI is InChI=1S/C17H27NO3/c1-13-6-4-7-14(2)18(13)11-15(19)12-21-17-9-5-8-16(10-17)20-3/h5,8-10,13-15,19H,4,6-7,11-12H2,1-3H3/t13-,14+,15-/m1/s1. The molecular formula is C17H27NO3. The summed E-state index contributed by atoms with van der Waals surface area (Å²) in [5.41, 5.74) is 0. The van der Waals surface area contributed by atoms with Crippen LogP contribution in [-0.4, -0.2) is 48.5 Å². The van der Waals surface area contributed by atoms with Crippen LogP contribution >= 0.6 is 0 Å². The number of aliphatic hydroxyl groups excluding tert-OH is 1. The van der Waals surface area contributed by atoms with Gasteiger partial charge in [-0.05, 0) is 38.8 Å². The van der Waals surface area contributed by atoms with Gasteiger partial charge in [0.2, 0.25) is 0 Å². The molecule has 1 aromatic rings. The number of rotatable bonds is 6. The van der Waals surface area contributed by atoms with E-state index in [9.17, 15) is 5.11 Å². The summed E-state index contributed by atoms with van der Waals surface area (Å²) in [5.74, 6) is 1.49. The van der Waals surface area contributed by atoms with Crippen LogP contribution in [0.5, 0.6) is 11.5 Å². The number of hydrogen-bond donors (Lipinski definition) is 1. The van der Waals surface area contributed by atoms with Gasteiger partial charge in [0, 0.05) is 24.7 Å². The second-order valence-electron chi connectivity index (χ2n) is 5.97. The number of piperidine rings is 1. The highest BCUT2D eigenvalue weighted by Crippen LogP contribution is 2.23. The molecule has 0 saturated carbocycles. The molecule has 0 aromatic heterocycles. The predicted molar refractivity (Wildman–Crippen MR) is 84.0 cm³/mol. The van der Waals surface area contributed by atoms with E-state index < -0.39 is 6.10 Å². The maximum Gasteiger partial charge on any atom is 0.123 e. The van der Waals surface area contributed by atoms with E-state index in [2.05, 4.69) is 18.7 Å². The Kier molecular flexibility index (Phi) is 5.88. The minimum atomic E-state index is -0.473. The molecule has 2 rings (SSSR count). The molecule has 0 unspecified atom stereocenters. The molecule has 1 saturated heterocycles. The van der Waals surface area contributed by atoms with Gasteiger partial charge in [-0.15, -0.1) is 0 Å². The Morgan fingerprint density at radius 3 is 2.57 bits per heavy atom. The third-order valence-corrected chi connectivity index (χ3v) is 4.28. The minimum Gasteiger partial charge on any atom is -0.497 e. The quantitative estimate of drug-likeness (QED) is 0.875. The highest BCUT2D eigenvalue weighted by atomic mass is 16.5. The number of aliphatic hydroxyl groups is 1. The van der Waals surface area contributed by atoms with Crippen LogP contribution in [0.15, 0.2) is 24.3 Å². The van der Waals surface area contributed by atoms with Crippen molar-refractivity contribution < 1.29 is 14.6 Å². The van der Waals surface area contributed by atoms with Crippen molar-refractivity contribution in [3.05, 3.63) is 24.3 Å². The Balaban J connectivity index is 1.82. The fourth-order valence-corrected chi connectivity index (χ4v) is 3.01. The van der Waals surface area contributed by atoms with Crippen LogP contribution in [0.25, 0.3) is 0 Å². The lowest BCUT2D eigenvalue weighted by Crippen LogP contribution is -2.48. The van der Waals surface area contributed by atoms with Crippen molar-refractivity contribution in [3.63, 3.8) is 0 Å². The number of likely N-dealkylation sites (tertiary alicyclic amines) is 1. The molecule has 4 nitrogen and oxygen atoms in total. The maximum atomic E-state index is 10.2. The van der Waals surface area contributed by atoms with Gasteiger partial charge in [0.1, 0.15) is 24.2 Å². The topological polar surface area (TPSA) is 41.9 Å². The molecule has 0 aliphatic carbocycles. The summed E-state index contributed by atoms with van der Waals surface area (Å²) in [7, 11) is 1.63. The van der Waals surface area contributed by atoms with E-state index in [1.807, 2.05) is 24.3 Å². The summed E-state index contributed by atoms with van der Waals surface area (Å²) in [5, 5.41) is 10.2. The van der Waals surface area contributed by atoms with E-state index >= 15 is 0 Å². The van der Waals surface area contributed by atoms with E-state index in [0.717, 1.165) is 11.5 Å². The first-order chi connectivity index (χ1) is 10.1. The molecule has 4 heteroatoms. The zero-order valence-corrected chi connectivity index (χ0v) is 13.3. The molecule has 1 aromatic carbocycles. The first-order valence-electron chi connectivity index (χ1n) is 7.81. The van der Waals surface area contributed by atoms with Crippen molar-refractivity contribution in [2.45, 2.75) is 51.3 Å². The second kappa shape index (κ2) is 7.66. The van der Waals surface area contributed by atoms with E-state index in [1.165, 1.54) is 19.3 Å². The van der Waals surface area contributed by atoms with Crippen molar-refractivity contribution in [1.29, 1.82) is 0 Å². The SMILES string of the molecule is COc1cccc(OC[C@H](O)CN2[C@H](C)CCC[C@@H]2C)c1. The molecule has 118 valence electrons. The Morgan fingerprint density at radius 2 is 1.90 bits per heavy atom. The van der Waals surface area contributed by atoms with Crippen LogP contribution in [0.2, 0.25) is 0 Å². The van der Waals surface area contributed by atoms with E-state index in [1.54, 1.807) is 7.11 Å². The molecule has 1 heterocycles. The van der Waals surface area contributed by atoms with Crippen LogP contribution in [0.4, 0.5) is 0 Å². The molecule has 0 amide bonds. The van der Waals surface area contributed by atoms with Crippen molar-refractivity contribution in [2.24, 2.45) is 0 Å². The number of hydrogen-bond acceptors (Lipinski definition) is 4. The minimum absolute atomic E-state index is 0.309. The predicted octanol–water partition coefficient (Wildman–Crippen LogP) is 2.70. The highest BCUT2D eigenvalue weighted by Gasteiger charge is 2.26. The first-order valence-corrected chi connectivity index (χ1v) is 7.81. The van der Waals surface area contributed by atoms with Crippen molar-refractivity contribution in [1.82, 2.24) is 4.90 Å². The molecule has 3 atom stereocenters. The molecule has 1 aliphatic heterocycles. The average molecular weight is 293 g/mol. The van der Waals surface area contributed by atoms with Gasteiger partial charge in [-0.3, -0.25) is 4.90 Å². The Hall–Kier alpha value is -1.26. The van der Waals surface area contributed by atoms with Gasteiger partial charge in [0.15, 0.2) is 0 Å². The fraction of sp³-hybridized carbons (Fsp3) is 0.647. The van der Waals surface area contributed by atoms with Crippen LogP contribution in [0.3, 0.4) is 0 Å². The molecule has 21 heavy (non-hydrogen) atoms. The summed E-state index contributed by atoms with van der Waals surface area (Å²) in [6.07, 6.45) is 3.25. The third-order valence-electron chi connectivity index (χ3n) is 4.28. The highest BCUT2D eigenvalue weighted by molar-refractivity contribution is 5.32. The Labute approximate surface area is 127 Å². The number of nitrogens with zero attached hydrogens (tertiary/aromatic N) is 1. The normalized spacial score (nSPS) is 24.6. The van der Waals surface area contributed by atoms with Gasteiger partial charge >= 0.3 is 0 Å². The molecule has 0 bridgehead atoms. The number of benzene rings is 1. The second-order valence-corrected chi connectivity index (χ2v) is 5.97. The van der Waals surface area contributed by atoms with Crippen molar-refractivity contribution in [2.75, 3.05) is 20.3 Å².